The van der Waals surface area contributed by atoms with Crippen LogP contribution in [0.4, 0.5) is 0 Å². The number of rotatable bonds is 5. The smallest absolute Gasteiger partial charge is 0.185 e. The fourth-order valence-corrected chi connectivity index (χ4v) is 1.86. The number of benzene rings is 2. The predicted molar refractivity (Wildman–Crippen MR) is 82.1 cm³/mol. The third-order valence-electron chi connectivity index (χ3n) is 2.89. The molecule has 0 bridgehead atoms. The quantitative estimate of drug-likeness (QED) is 0.616. The van der Waals surface area contributed by atoms with Crippen molar-refractivity contribution in [3.05, 3.63) is 71.3 Å². The van der Waals surface area contributed by atoms with Crippen LogP contribution >= 0.6 is 0 Å². The highest BCUT2D eigenvalue weighted by atomic mass is 16.5. The molecule has 0 saturated carbocycles. The van der Waals surface area contributed by atoms with Gasteiger partial charge in [0.15, 0.2) is 5.78 Å². The largest absolute Gasteiger partial charge is 0.494 e. The molecular formula is C18H15NO2. The third kappa shape index (κ3) is 4.05. The third-order valence-corrected chi connectivity index (χ3v) is 2.89. The number of hydrogen-bond donors (Lipinski definition) is 0. The molecule has 104 valence electrons. The van der Waals surface area contributed by atoms with Crippen molar-refractivity contribution in [1.29, 1.82) is 5.26 Å². The van der Waals surface area contributed by atoms with E-state index in [1.54, 1.807) is 48.5 Å². The summed E-state index contributed by atoms with van der Waals surface area (Å²) in [5.41, 5.74) is 2.00. The molecule has 0 aromatic heterocycles. The van der Waals surface area contributed by atoms with Gasteiger partial charge in [0.05, 0.1) is 18.2 Å². The van der Waals surface area contributed by atoms with Gasteiger partial charge in [0.25, 0.3) is 0 Å². The maximum absolute atomic E-state index is 12.0. The van der Waals surface area contributed by atoms with Gasteiger partial charge in [0, 0.05) is 5.56 Å². The van der Waals surface area contributed by atoms with E-state index < -0.39 is 0 Å². The van der Waals surface area contributed by atoms with Crippen molar-refractivity contribution in [2.45, 2.75) is 6.92 Å². The van der Waals surface area contributed by atoms with Gasteiger partial charge >= 0.3 is 0 Å². The van der Waals surface area contributed by atoms with Gasteiger partial charge in [-0.3, -0.25) is 4.79 Å². The normalized spacial score (nSPS) is 10.3. The van der Waals surface area contributed by atoms with Crippen molar-refractivity contribution in [2.24, 2.45) is 0 Å². The molecule has 2 aromatic carbocycles. The highest BCUT2D eigenvalue weighted by Crippen LogP contribution is 2.13. The first-order valence-electron chi connectivity index (χ1n) is 6.68. The number of ketones is 1. The molecule has 0 N–H and O–H groups in total. The number of nitrogens with zero attached hydrogens (tertiary/aromatic N) is 1. The average Bonchev–Trinajstić information content (AvgIpc) is 2.54. The monoisotopic (exact) mass is 277 g/mol. The minimum Gasteiger partial charge on any atom is -0.494 e. The molecule has 2 rings (SSSR count). The summed E-state index contributed by atoms with van der Waals surface area (Å²) in [5, 5.41) is 8.83. The second kappa shape index (κ2) is 7.06. The molecule has 0 saturated heterocycles. The summed E-state index contributed by atoms with van der Waals surface area (Å²) in [5.74, 6) is 0.667. The van der Waals surface area contributed by atoms with Crippen molar-refractivity contribution >= 4 is 11.9 Å². The van der Waals surface area contributed by atoms with Gasteiger partial charge in [-0.2, -0.15) is 5.26 Å². The van der Waals surface area contributed by atoms with Crippen LogP contribution in [-0.4, -0.2) is 12.4 Å². The predicted octanol–water partition coefficient (Wildman–Crippen LogP) is 3.85. The van der Waals surface area contributed by atoms with E-state index in [-0.39, 0.29) is 5.78 Å². The Labute approximate surface area is 124 Å². The second-order valence-electron chi connectivity index (χ2n) is 4.39. The Balaban J connectivity index is 2.09. The van der Waals surface area contributed by atoms with Crippen molar-refractivity contribution in [3.8, 4) is 11.8 Å². The Bertz CT molecular complexity index is 694. The summed E-state index contributed by atoms with van der Waals surface area (Å²) in [6, 6.07) is 16.2. The Morgan fingerprint density at radius 2 is 2.00 bits per heavy atom. The van der Waals surface area contributed by atoms with E-state index in [9.17, 15) is 4.79 Å². The van der Waals surface area contributed by atoms with E-state index in [2.05, 4.69) is 6.07 Å². The van der Waals surface area contributed by atoms with Crippen LogP contribution < -0.4 is 4.74 Å². The van der Waals surface area contributed by atoms with Crippen molar-refractivity contribution in [3.63, 3.8) is 0 Å². The van der Waals surface area contributed by atoms with E-state index in [0.717, 1.165) is 11.3 Å². The van der Waals surface area contributed by atoms with Crippen LogP contribution in [0.5, 0.6) is 5.75 Å². The first kappa shape index (κ1) is 14.5. The molecule has 3 heteroatoms. The first-order valence-corrected chi connectivity index (χ1v) is 6.68. The molecule has 0 atom stereocenters. The van der Waals surface area contributed by atoms with E-state index >= 15 is 0 Å². The summed E-state index contributed by atoms with van der Waals surface area (Å²) >= 11 is 0. The molecule has 2 aromatic rings. The van der Waals surface area contributed by atoms with Gasteiger partial charge in [-0.25, -0.2) is 0 Å². The van der Waals surface area contributed by atoms with Crippen LogP contribution in [0.1, 0.15) is 28.4 Å². The van der Waals surface area contributed by atoms with Crippen molar-refractivity contribution in [1.82, 2.24) is 0 Å². The number of hydrogen-bond acceptors (Lipinski definition) is 3. The molecule has 0 amide bonds. The lowest BCUT2D eigenvalue weighted by Gasteiger charge is -2.02. The zero-order valence-corrected chi connectivity index (χ0v) is 11.7. The van der Waals surface area contributed by atoms with Gasteiger partial charge in [-0.15, -0.1) is 0 Å². The number of carbonyl (C=O) groups excluding carboxylic acids is 1. The maximum atomic E-state index is 12.0. The SMILES string of the molecule is CCOc1ccc(C(=O)/C=C/c2cccc(C#N)c2)cc1. The van der Waals surface area contributed by atoms with Gasteiger partial charge in [0.1, 0.15) is 5.75 Å². The molecule has 0 heterocycles. The maximum Gasteiger partial charge on any atom is 0.185 e. The average molecular weight is 277 g/mol. The second-order valence-corrected chi connectivity index (χ2v) is 4.39. The number of carbonyl (C=O) groups is 1. The lowest BCUT2D eigenvalue weighted by Crippen LogP contribution is -1.95. The first-order chi connectivity index (χ1) is 10.2. The zero-order chi connectivity index (χ0) is 15.1. The van der Waals surface area contributed by atoms with Gasteiger partial charge < -0.3 is 4.74 Å². The van der Waals surface area contributed by atoms with Crippen LogP contribution in [0.25, 0.3) is 6.08 Å². The molecule has 0 radical (unpaired) electrons. The summed E-state index contributed by atoms with van der Waals surface area (Å²) in [7, 11) is 0. The standard InChI is InChI=1S/C18H15NO2/c1-2-21-17-9-7-16(8-10-17)18(20)11-6-14-4-3-5-15(12-14)13-19/h3-12H,2H2,1H3/b11-6+. The molecule has 0 aliphatic carbocycles. The topological polar surface area (TPSA) is 50.1 Å². The van der Waals surface area contributed by atoms with Crippen molar-refractivity contribution < 1.29 is 9.53 Å². The van der Waals surface area contributed by atoms with Crippen LogP contribution in [0, 0.1) is 11.3 Å². The summed E-state index contributed by atoms with van der Waals surface area (Å²) in [6.07, 6.45) is 3.21. The van der Waals surface area contributed by atoms with E-state index in [4.69, 9.17) is 10.00 Å². The summed E-state index contributed by atoms with van der Waals surface area (Å²) < 4.78 is 5.34. The Hall–Kier alpha value is -2.86. The van der Waals surface area contributed by atoms with Crippen LogP contribution in [0.2, 0.25) is 0 Å². The van der Waals surface area contributed by atoms with E-state index in [1.165, 1.54) is 6.08 Å². The molecule has 0 aliphatic rings. The molecule has 0 spiro atoms. The van der Waals surface area contributed by atoms with Crippen LogP contribution in [0.3, 0.4) is 0 Å². The Kier molecular flexibility index (Phi) is 4.89. The zero-order valence-electron chi connectivity index (χ0n) is 11.7. The fourth-order valence-electron chi connectivity index (χ4n) is 1.86. The van der Waals surface area contributed by atoms with Gasteiger partial charge in [-0.1, -0.05) is 18.2 Å². The highest BCUT2D eigenvalue weighted by molar-refractivity contribution is 6.06. The fraction of sp³-hybridized carbons (Fsp3) is 0.111. The van der Waals surface area contributed by atoms with Crippen LogP contribution in [-0.2, 0) is 0 Å². The lowest BCUT2D eigenvalue weighted by molar-refractivity contribution is 0.104. The lowest BCUT2D eigenvalue weighted by atomic mass is 10.1. The van der Waals surface area contributed by atoms with Gasteiger partial charge in [-0.05, 0) is 55.0 Å². The molecule has 0 unspecified atom stereocenters. The summed E-state index contributed by atoms with van der Waals surface area (Å²) in [6.45, 7) is 2.51. The van der Waals surface area contributed by atoms with E-state index in [1.807, 2.05) is 13.0 Å². The Morgan fingerprint density at radius 3 is 2.67 bits per heavy atom. The highest BCUT2D eigenvalue weighted by Gasteiger charge is 2.02. The number of ether oxygens (including phenoxy) is 1. The van der Waals surface area contributed by atoms with Crippen molar-refractivity contribution in [2.75, 3.05) is 6.61 Å². The minimum atomic E-state index is -0.0830. The van der Waals surface area contributed by atoms with Crippen LogP contribution in [0.15, 0.2) is 54.6 Å². The molecule has 0 aliphatic heterocycles. The number of nitriles is 1. The number of allylic oxidation sites excluding steroid dienone is 1. The Morgan fingerprint density at radius 1 is 1.24 bits per heavy atom. The summed E-state index contributed by atoms with van der Waals surface area (Å²) in [4.78, 5) is 12.0. The van der Waals surface area contributed by atoms with E-state index in [0.29, 0.717) is 17.7 Å². The minimum absolute atomic E-state index is 0.0830. The molecule has 21 heavy (non-hydrogen) atoms. The molecular weight excluding hydrogens is 262 g/mol. The van der Waals surface area contributed by atoms with Gasteiger partial charge in [0.2, 0.25) is 0 Å². The molecule has 3 nitrogen and oxygen atoms in total. The molecule has 0 fully saturated rings.